The Morgan fingerprint density at radius 2 is 1.39 bits per heavy atom. The summed E-state index contributed by atoms with van der Waals surface area (Å²) in [5.41, 5.74) is 1.55. The lowest BCUT2D eigenvalue weighted by Crippen LogP contribution is -2.22. The summed E-state index contributed by atoms with van der Waals surface area (Å²) in [6.45, 7) is 0. The fraction of sp³-hybridized carbons (Fsp3) is 0.667. The molecule has 2 aliphatic carbocycles. The van der Waals surface area contributed by atoms with Gasteiger partial charge in [-0.1, -0.05) is 62.4 Å². The van der Waals surface area contributed by atoms with Gasteiger partial charge in [0.1, 0.15) is 0 Å². The van der Waals surface area contributed by atoms with Crippen LogP contribution in [0.15, 0.2) is 30.3 Å². The lowest BCUT2D eigenvalue weighted by Gasteiger charge is -2.36. The SMILES string of the molecule is [3H]C1CCC(C2CCC(c3ccccc3)CC2)CC1. The van der Waals surface area contributed by atoms with Crippen molar-refractivity contribution >= 4 is 0 Å². The molecule has 0 N–H and O–H groups in total. The Kier molecular flexibility index (Phi) is 3.64. The highest BCUT2D eigenvalue weighted by Crippen LogP contribution is 2.42. The minimum atomic E-state index is 0.247. The van der Waals surface area contributed by atoms with Crippen LogP contribution < -0.4 is 0 Å². The third-order valence-electron chi connectivity index (χ3n) is 5.19. The van der Waals surface area contributed by atoms with E-state index in [1.165, 1.54) is 38.5 Å². The molecule has 0 nitrogen and oxygen atoms in total. The molecule has 0 saturated heterocycles. The second-order valence-corrected chi connectivity index (χ2v) is 6.23. The quantitative estimate of drug-likeness (QED) is 0.640. The standard InChI is InChI=1S/C18H26/c1-3-7-15(8-4-1)17-11-13-18(14-12-17)16-9-5-2-6-10-16/h1,3-4,7-8,16-18H,2,5-6,9-14H2/i2T. The molecule has 18 heavy (non-hydrogen) atoms. The van der Waals surface area contributed by atoms with Crippen LogP contribution in [0.5, 0.6) is 0 Å². The highest BCUT2D eigenvalue weighted by atomic mass is 14.3. The Labute approximate surface area is 113 Å². The molecule has 2 fully saturated rings. The van der Waals surface area contributed by atoms with Crippen LogP contribution in [0, 0.1) is 11.8 Å². The summed E-state index contributed by atoms with van der Waals surface area (Å²) in [6, 6.07) is 11.1. The van der Waals surface area contributed by atoms with Crippen molar-refractivity contribution in [1.82, 2.24) is 0 Å². The van der Waals surface area contributed by atoms with Crippen LogP contribution in [0.4, 0.5) is 0 Å². The van der Waals surface area contributed by atoms with Gasteiger partial charge in [0.15, 0.2) is 0 Å². The number of hydrogen-bond acceptors (Lipinski definition) is 0. The van der Waals surface area contributed by atoms with Crippen molar-refractivity contribution in [2.24, 2.45) is 11.8 Å². The Hall–Kier alpha value is -0.780. The molecule has 3 rings (SSSR count). The first-order valence-electron chi connectivity index (χ1n) is 8.38. The normalized spacial score (nSPS) is 38.1. The largest absolute Gasteiger partial charge is 0.0622 e. The van der Waals surface area contributed by atoms with E-state index >= 15 is 0 Å². The molecule has 0 atom stereocenters. The van der Waals surface area contributed by atoms with Gasteiger partial charge < -0.3 is 0 Å². The zero-order valence-corrected chi connectivity index (χ0v) is 11.4. The Bertz CT molecular complexity index is 370. The number of rotatable bonds is 2. The molecule has 2 saturated carbocycles. The average molecular weight is 244 g/mol. The van der Waals surface area contributed by atoms with E-state index in [0.717, 1.165) is 30.6 Å². The number of hydrogen-bond donors (Lipinski definition) is 0. The summed E-state index contributed by atoms with van der Waals surface area (Å²) < 4.78 is 7.82. The smallest absolute Gasteiger partial charge is 0.0267 e. The minimum Gasteiger partial charge on any atom is -0.0622 e. The van der Waals surface area contributed by atoms with E-state index in [9.17, 15) is 0 Å². The van der Waals surface area contributed by atoms with Crippen LogP contribution in [0.3, 0.4) is 0 Å². The van der Waals surface area contributed by atoms with E-state index in [1.807, 2.05) is 0 Å². The monoisotopic (exact) mass is 244 g/mol. The number of benzene rings is 1. The van der Waals surface area contributed by atoms with Gasteiger partial charge in [-0.25, -0.2) is 0 Å². The molecule has 0 aromatic heterocycles. The molecule has 0 heterocycles. The van der Waals surface area contributed by atoms with Gasteiger partial charge in [0, 0.05) is 1.37 Å². The summed E-state index contributed by atoms with van der Waals surface area (Å²) in [7, 11) is 0. The second kappa shape index (κ2) is 5.91. The molecular weight excluding hydrogens is 216 g/mol. The van der Waals surface area contributed by atoms with E-state index in [1.54, 1.807) is 5.56 Å². The first-order valence-corrected chi connectivity index (χ1v) is 7.80. The van der Waals surface area contributed by atoms with Gasteiger partial charge in [0.2, 0.25) is 0 Å². The maximum Gasteiger partial charge on any atom is 0.0267 e. The molecule has 0 radical (unpaired) electrons. The lowest BCUT2D eigenvalue weighted by atomic mass is 9.70. The fourth-order valence-corrected chi connectivity index (χ4v) is 4.07. The van der Waals surface area contributed by atoms with Crippen molar-refractivity contribution in [1.29, 1.82) is 0 Å². The fourth-order valence-electron chi connectivity index (χ4n) is 4.07. The highest BCUT2D eigenvalue weighted by Gasteiger charge is 2.28. The lowest BCUT2D eigenvalue weighted by molar-refractivity contribution is 0.186. The van der Waals surface area contributed by atoms with Crippen molar-refractivity contribution in [2.45, 2.75) is 63.7 Å². The first kappa shape index (κ1) is 11.1. The maximum atomic E-state index is 7.82. The van der Waals surface area contributed by atoms with Gasteiger partial charge in [0.05, 0.1) is 0 Å². The van der Waals surface area contributed by atoms with Crippen molar-refractivity contribution in [3.8, 4) is 0 Å². The third kappa shape index (κ3) is 2.79. The summed E-state index contributed by atoms with van der Waals surface area (Å²) in [5, 5.41) is 0. The maximum absolute atomic E-state index is 7.82. The Morgan fingerprint density at radius 1 is 0.778 bits per heavy atom. The van der Waals surface area contributed by atoms with Crippen molar-refractivity contribution in [3.05, 3.63) is 35.9 Å². The van der Waals surface area contributed by atoms with Crippen LogP contribution in [0.25, 0.3) is 0 Å². The van der Waals surface area contributed by atoms with Gasteiger partial charge in [-0.15, -0.1) is 0 Å². The van der Waals surface area contributed by atoms with Gasteiger partial charge in [-0.2, -0.15) is 0 Å². The van der Waals surface area contributed by atoms with Crippen molar-refractivity contribution in [2.75, 3.05) is 0 Å². The van der Waals surface area contributed by atoms with Crippen LogP contribution in [-0.4, -0.2) is 0 Å². The molecule has 98 valence electrons. The molecule has 1 aromatic rings. The van der Waals surface area contributed by atoms with Crippen LogP contribution in [0.2, 0.25) is 0 Å². The minimum absolute atomic E-state index is 0.247. The molecule has 1 aromatic carbocycles. The molecule has 0 bridgehead atoms. The second-order valence-electron chi connectivity index (χ2n) is 6.23. The van der Waals surface area contributed by atoms with Crippen molar-refractivity contribution in [3.63, 3.8) is 0 Å². The van der Waals surface area contributed by atoms with Crippen molar-refractivity contribution < 1.29 is 1.37 Å². The highest BCUT2D eigenvalue weighted by molar-refractivity contribution is 5.19. The van der Waals surface area contributed by atoms with Crippen LogP contribution in [-0.2, 0) is 0 Å². The van der Waals surface area contributed by atoms with E-state index < -0.39 is 0 Å². The van der Waals surface area contributed by atoms with E-state index in [2.05, 4.69) is 30.3 Å². The molecule has 0 heteroatoms. The molecule has 0 aliphatic heterocycles. The third-order valence-corrected chi connectivity index (χ3v) is 5.19. The molecule has 0 spiro atoms. The summed E-state index contributed by atoms with van der Waals surface area (Å²) in [4.78, 5) is 0. The zero-order valence-electron chi connectivity index (χ0n) is 12.4. The van der Waals surface area contributed by atoms with Gasteiger partial charge in [-0.3, -0.25) is 0 Å². The van der Waals surface area contributed by atoms with Gasteiger partial charge in [-0.05, 0) is 49.0 Å². The predicted octanol–water partition coefficient (Wildman–Crippen LogP) is 5.54. The molecular formula is C18H26. The molecule has 0 amide bonds. The first-order chi connectivity index (χ1) is 9.33. The zero-order chi connectivity index (χ0) is 13.1. The van der Waals surface area contributed by atoms with E-state index in [-0.39, 0.29) is 6.40 Å². The van der Waals surface area contributed by atoms with Crippen LogP contribution >= 0.6 is 0 Å². The topological polar surface area (TPSA) is 0 Å². The van der Waals surface area contributed by atoms with Crippen LogP contribution in [0.1, 0.15) is 70.6 Å². The Balaban J connectivity index is 1.52. The van der Waals surface area contributed by atoms with E-state index in [4.69, 9.17) is 1.37 Å². The summed E-state index contributed by atoms with van der Waals surface area (Å²) in [5.74, 6) is 2.72. The predicted molar refractivity (Wildman–Crippen MR) is 77.7 cm³/mol. The van der Waals surface area contributed by atoms with E-state index in [0.29, 0.717) is 0 Å². The molecule has 0 unspecified atom stereocenters. The van der Waals surface area contributed by atoms with Gasteiger partial charge in [0.25, 0.3) is 0 Å². The summed E-state index contributed by atoms with van der Waals surface area (Å²) >= 11 is 0. The van der Waals surface area contributed by atoms with Gasteiger partial charge >= 0.3 is 0 Å². The average Bonchev–Trinajstić information content (AvgIpc) is 2.49. The Morgan fingerprint density at radius 3 is 2.06 bits per heavy atom. The molecule has 2 aliphatic rings. The summed E-state index contributed by atoms with van der Waals surface area (Å²) in [6.07, 6.45) is 10.8.